The molecular weight excluding hydrogens is 348 g/mol. The van der Waals surface area contributed by atoms with E-state index in [4.69, 9.17) is 9.47 Å². The standard InChI is InChI=1S/C19H28N4O4/c1-19(18(25)22-7-10-26-11-8-22)13-23(9-12-27-19)17(24)16-14-5-3-4-6-15(14)20-21(16)2/h3-13H2,1-2H3. The van der Waals surface area contributed by atoms with Crippen molar-refractivity contribution in [1.29, 1.82) is 0 Å². The van der Waals surface area contributed by atoms with Gasteiger partial charge < -0.3 is 19.3 Å². The predicted molar refractivity (Wildman–Crippen MR) is 97.5 cm³/mol. The Morgan fingerprint density at radius 1 is 1.04 bits per heavy atom. The third-order valence-corrected chi connectivity index (χ3v) is 5.83. The number of carbonyl (C=O) groups is 2. The Morgan fingerprint density at radius 3 is 2.52 bits per heavy atom. The van der Waals surface area contributed by atoms with Crippen molar-refractivity contribution in [3.63, 3.8) is 0 Å². The van der Waals surface area contributed by atoms with Crippen molar-refractivity contribution in [2.24, 2.45) is 7.05 Å². The van der Waals surface area contributed by atoms with Crippen LogP contribution in [0.3, 0.4) is 0 Å². The van der Waals surface area contributed by atoms with Gasteiger partial charge in [0, 0.05) is 32.2 Å². The third-order valence-electron chi connectivity index (χ3n) is 5.83. The smallest absolute Gasteiger partial charge is 0.272 e. The van der Waals surface area contributed by atoms with Crippen molar-refractivity contribution >= 4 is 11.8 Å². The number of aryl methyl sites for hydroxylation is 2. The normalized spacial score (nSPS) is 26.0. The number of hydrogen-bond acceptors (Lipinski definition) is 5. The van der Waals surface area contributed by atoms with Crippen molar-refractivity contribution in [2.45, 2.75) is 38.2 Å². The monoisotopic (exact) mass is 376 g/mol. The summed E-state index contributed by atoms with van der Waals surface area (Å²) in [6, 6.07) is 0. The summed E-state index contributed by atoms with van der Waals surface area (Å²) < 4.78 is 12.9. The maximum absolute atomic E-state index is 13.3. The van der Waals surface area contributed by atoms with Crippen molar-refractivity contribution in [2.75, 3.05) is 46.0 Å². The molecule has 2 saturated heterocycles. The summed E-state index contributed by atoms with van der Waals surface area (Å²) in [4.78, 5) is 29.9. The molecule has 8 heteroatoms. The van der Waals surface area contributed by atoms with Gasteiger partial charge in [-0.3, -0.25) is 14.3 Å². The molecule has 0 bridgehead atoms. The Morgan fingerprint density at radius 2 is 1.74 bits per heavy atom. The van der Waals surface area contributed by atoms with E-state index >= 15 is 0 Å². The molecule has 0 spiro atoms. The molecule has 3 aliphatic rings. The maximum atomic E-state index is 13.3. The fraction of sp³-hybridized carbons (Fsp3) is 0.737. The molecule has 1 aromatic rings. The van der Waals surface area contributed by atoms with Gasteiger partial charge in [-0.1, -0.05) is 0 Å². The number of hydrogen-bond donors (Lipinski definition) is 0. The van der Waals surface area contributed by atoms with E-state index in [0.29, 0.717) is 45.1 Å². The maximum Gasteiger partial charge on any atom is 0.272 e. The van der Waals surface area contributed by atoms with Crippen LogP contribution in [-0.2, 0) is 34.2 Å². The lowest BCUT2D eigenvalue weighted by Gasteiger charge is -2.42. The Balaban J connectivity index is 1.53. The molecule has 2 fully saturated rings. The summed E-state index contributed by atoms with van der Waals surface area (Å²) in [5, 5.41) is 4.56. The van der Waals surface area contributed by atoms with Crippen molar-refractivity contribution in [1.82, 2.24) is 19.6 Å². The van der Waals surface area contributed by atoms with E-state index in [1.165, 1.54) is 0 Å². The van der Waals surface area contributed by atoms with Crippen LogP contribution in [0.4, 0.5) is 0 Å². The lowest BCUT2D eigenvalue weighted by Crippen LogP contribution is -2.61. The van der Waals surface area contributed by atoms with Crippen LogP contribution in [0, 0.1) is 0 Å². The zero-order valence-corrected chi connectivity index (χ0v) is 16.2. The minimum Gasteiger partial charge on any atom is -0.378 e. The topological polar surface area (TPSA) is 76.9 Å². The van der Waals surface area contributed by atoms with Gasteiger partial charge in [-0.2, -0.15) is 5.10 Å². The van der Waals surface area contributed by atoms with Crippen molar-refractivity contribution in [3.8, 4) is 0 Å². The van der Waals surface area contributed by atoms with E-state index in [1.54, 1.807) is 21.4 Å². The van der Waals surface area contributed by atoms with E-state index < -0.39 is 5.60 Å². The van der Waals surface area contributed by atoms with Gasteiger partial charge in [0.25, 0.3) is 11.8 Å². The van der Waals surface area contributed by atoms with E-state index in [0.717, 1.165) is 36.9 Å². The Kier molecular flexibility index (Phi) is 4.94. The van der Waals surface area contributed by atoms with Gasteiger partial charge >= 0.3 is 0 Å². The summed E-state index contributed by atoms with van der Waals surface area (Å²) in [5.41, 5.74) is 1.80. The minimum atomic E-state index is -1.01. The molecule has 2 aliphatic heterocycles. The molecule has 27 heavy (non-hydrogen) atoms. The molecule has 1 unspecified atom stereocenters. The van der Waals surface area contributed by atoms with Gasteiger partial charge in [-0.15, -0.1) is 0 Å². The second-order valence-electron chi connectivity index (χ2n) is 7.82. The average molecular weight is 376 g/mol. The molecule has 2 amide bonds. The fourth-order valence-corrected chi connectivity index (χ4v) is 4.37. The number of rotatable bonds is 2. The second-order valence-corrected chi connectivity index (χ2v) is 7.82. The highest BCUT2D eigenvalue weighted by atomic mass is 16.5. The summed E-state index contributed by atoms with van der Waals surface area (Å²) in [5.74, 6) is -0.104. The molecular formula is C19H28N4O4. The van der Waals surface area contributed by atoms with Crippen LogP contribution in [-0.4, -0.2) is 83.0 Å². The highest BCUT2D eigenvalue weighted by Crippen LogP contribution is 2.27. The van der Waals surface area contributed by atoms with Gasteiger partial charge in [-0.05, 0) is 32.6 Å². The molecule has 0 saturated carbocycles. The van der Waals surface area contributed by atoms with Crippen LogP contribution >= 0.6 is 0 Å². The molecule has 148 valence electrons. The summed E-state index contributed by atoms with van der Waals surface area (Å²) >= 11 is 0. The number of aromatic nitrogens is 2. The van der Waals surface area contributed by atoms with Crippen molar-refractivity contribution < 1.29 is 19.1 Å². The van der Waals surface area contributed by atoms with E-state index in [9.17, 15) is 9.59 Å². The zero-order chi connectivity index (χ0) is 19.0. The first-order chi connectivity index (χ1) is 13.0. The van der Waals surface area contributed by atoms with Crippen LogP contribution in [0.25, 0.3) is 0 Å². The molecule has 3 heterocycles. The van der Waals surface area contributed by atoms with Crippen LogP contribution in [0.1, 0.15) is 41.5 Å². The minimum absolute atomic E-state index is 0.0440. The molecule has 1 atom stereocenters. The van der Waals surface area contributed by atoms with Crippen LogP contribution < -0.4 is 0 Å². The number of amides is 2. The highest BCUT2D eigenvalue weighted by molar-refractivity contribution is 5.95. The average Bonchev–Trinajstić information content (AvgIpc) is 3.03. The number of nitrogens with zero attached hydrogens (tertiary/aromatic N) is 4. The van der Waals surface area contributed by atoms with E-state index in [1.807, 2.05) is 7.05 Å². The molecule has 0 N–H and O–H groups in total. The first-order valence-corrected chi connectivity index (χ1v) is 9.85. The van der Waals surface area contributed by atoms with Gasteiger partial charge in [0.15, 0.2) is 5.60 Å². The fourth-order valence-electron chi connectivity index (χ4n) is 4.37. The molecule has 1 aliphatic carbocycles. The second kappa shape index (κ2) is 7.24. The summed E-state index contributed by atoms with van der Waals surface area (Å²) in [7, 11) is 1.84. The lowest BCUT2D eigenvalue weighted by atomic mass is 9.95. The van der Waals surface area contributed by atoms with Crippen LogP contribution in [0.2, 0.25) is 0 Å². The Labute approximate surface area is 159 Å². The van der Waals surface area contributed by atoms with Gasteiger partial charge in [0.1, 0.15) is 5.69 Å². The third kappa shape index (κ3) is 3.36. The first-order valence-electron chi connectivity index (χ1n) is 9.85. The predicted octanol–water partition coefficient (Wildman–Crippen LogP) is 0.389. The van der Waals surface area contributed by atoms with Crippen LogP contribution in [0.5, 0.6) is 0 Å². The van der Waals surface area contributed by atoms with Crippen LogP contribution in [0.15, 0.2) is 0 Å². The molecule has 4 rings (SSSR count). The molecule has 0 aromatic carbocycles. The summed E-state index contributed by atoms with van der Waals surface area (Å²) in [6.45, 7) is 5.15. The number of ether oxygens (including phenoxy) is 2. The van der Waals surface area contributed by atoms with Crippen molar-refractivity contribution in [3.05, 3.63) is 17.0 Å². The lowest BCUT2D eigenvalue weighted by molar-refractivity contribution is -0.168. The molecule has 0 radical (unpaired) electrons. The quantitative estimate of drug-likeness (QED) is 0.746. The summed E-state index contributed by atoms with van der Waals surface area (Å²) in [6.07, 6.45) is 4.06. The number of carbonyl (C=O) groups excluding carboxylic acids is 2. The Bertz CT molecular complexity index is 740. The highest BCUT2D eigenvalue weighted by Gasteiger charge is 2.44. The molecule has 1 aromatic heterocycles. The van der Waals surface area contributed by atoms with Gasteiger partial charge in [0.2, 0.25) is 0 Å². The largest absolute Gasteiger partial charge is 0.378 e. The number of morpholine rings is 2. The number of fused-ring (bicyclic) bond motifs is 1. The van der Waals surface area contributed by atoms with Gasteiger partial charge in [-0.25, -0.2) is 0 Å². The Hall–Kier alpha value is -1.93. The van der Waals surface area contributed by atoms with E-state index in [2.05, 4.69) is 5.10 Å². The first kappa shape index (κ1) is 18.4. The van der Waals surface area contributed by atoms with Gasteiger partial charge in [0.05, 0.1) is 32.1 Å². The molecule has 8 nitrogen and oxygen atoms in total. The van der Waals surface area contributed by atoms with E-state index in [-0.39, 0.29) is 18.4 Å². The SMILES string of the molecule is Cn1nc2c(c1C(=O)N1CCOC(C)(C(=O)N3CCOCC3)C1)CCCC2. The zero-order valence-electron chi connectivity index (χ0n) is 16.2.